The second kappa shape index (κ2) is 10.2. The predicted molar refractivity (Wildman–Crippen MR) is 128 cm³/mol. The molecule has 7 heteroatoms. The Labute approximate surface area is 191 Å². The largest absolute Gasteiger partial charge is 0.497 e. The summed E-state index contributed by atoms with van der Waals surface area (Å²) in [6.45, 7) is 2.01. The van der Waals surface area contributed by atoms with E-state index >= 15 is 0 Å². The maximum absolute atomic E-state index is 12.5. The van der Waals surface area contributed by atoms with Gasteiger partial charge >= 0.3 is 0 Å². The minimum atomic E-state index is -0.0901. The average Bonchev–Trinajstić information content (AvgIpc) is 3.22. The molecule has 0 aliphatic rings. The molecule has 0 spiro atoms. The lowest BCUT2D eigenvalue weighted by molar-refractivity contribution is -0.113. The molecule has 0 unspecified atom stereocenters. The average molecular weight is 445 g/mol. The van der Waals surface area contributed by atoms with E-state index in [1.54, 1.807) is 7.11 Å². The fourth-order valence-electron chi connectivity index (χ4n) is 3.24. The van der Waals surface area contributed by atoms with Crippen LogP contribution in [-0.2, 0) is 11.2 Å². The van der Waals surface area contributed by atoms with Gasteiger partial charge in [0.1, 0.15) is 11.6 Å². The van der Waals surface area contributed by atoms with Gasteiger partial charge in [-0.15, -0.1) is 10.2 Å². The number of hydrogen-bond acceptors (Lipinski definition) is 5. The number of methoxy groups -OCH3 is 1. The molecule has 32 heavy (non-hydrogen) atoms. The molecule has 4 aromatic rings. The number of anilines is 1. The van der Waals surface area contributed by atoms with Gasteiger partial charge in [-0.3, -0.25) is 9.36 Å². The molecule has 0 saturated heterocycles. The maximum atomic E-state index is 12.5. The molecule has 4 rings (SSSR count). The molecule has 0 aliphatic carbocycles. The number of carbonyl (C=O) groups excluding carboxylic acids is 1. The third kappa shape index (κ3) is 5.36. The first kappa shape index (κ1) is 21.6. The van der Waals surface area contributed by atoms with Crippen molar-refractivity contribution in [2.24, 2.45) is 0 Å². The second-order valence-electron chi connectivity index (χ2n) is 7.30. The standard InChI is InChI=1S/C25H24N4O2S/c1-18-8-10-20(11-9-18)26-24(30)17-32-25-28-27-23(16-19-6-4-3-5-7-19)29(25)21-12-14-22(31-2)15-13-21/h3-15H,16-17H2,1-2H3,(H,26,30). The molecule has 0 aliphatic heterocycles. The van der Waals surface area contributed by atoms with E-state index in [0.717, 1.165) is 34.1 Å². The first-order chi connectivity index (χ1) is 15.6. The molecular formula is C25H24N4O2S. The second-order valence-corrected chi connectivity index (χ2v) is 8.24. The number of carbonyl (C=O) groups is 1. The first-order valence-electron chi connectivity index (χ1n) is 10.2. The van der Waals surface area contributed by atoms with Gasteiger partial charge in [0.2, 0.25) is 5.91 Å². The number of aromatic nitrogens is 3. The third-order valence-corrected chi connectivity index (χ3v) is 5.83. The minimum Gasteiger partial charge on any atom is -0.497 e. The fraction of sp³-hybridized carbons (Fsp3) is 0.160. The fourth-order valence-corrected chi connectivity index (χ4v) is 4.01. The van der Waals surface area contributed by atoms with E-state index in [4.69, 9.17) is 4.74 Å². The Balaban J connectivity index is 1.55. The van der Waals surface area contributed by atoms with Crippen molar-refractivity contribution in [1.82, 2.24) is 14.8 Å². The van der Waals surface area contributed by atoms with Crippen molar-refractivity contribution in [3.05, 3.63) is 95.8 Å². The van der Waals surface area contributed by atoms with Crippen LogP contribution in [0.4, 0.5) is 5.69 Å². The summed E-state index contributed by atoms with van der Waals surface area (Å²) in [7, 11) is 1.64. The molecule has 0 bridgehead atoms. The van der Waals surface area contributed by atoms with Crippen molar-refractivity contribution in [3.63, 3.8) is 0 Å². The van der Waals surface area contributed by atoms with E-state index in [1.165, 1.54) is 11.8 Å². The van der Waals surface area contributed by atoms with Crippen LogP contribution in [-0.4, -0.2) is 33.5 Å². The van der Waals surface area contributed by atoms with E-state index in [2.05, 4.69) is 27.6 Å². The van der Waals surface area contributed by atoms with Gasteiger partial charge in [-0.1, -0.05) is 59.8 Å². The van der Waals surface area contributed by atoms with Gasteiger partial charge in [-0.2, -0.15) is 0 Å². The van der Waals surface area contributed by atoms with E-state index in [1.807, 2.05) is 78.2 Å². The molecule has 1 aromatic heterocycles. The van der Waals surface area contributed by atoms with Crippen LogP contribution in [0.3, 0.4) is 0 Å². The number of rotatable bonds is 8. The molecule has 3 aromatic carbocycles. The molecule has 1 amide bonds. The zero-order chi connectivity index (χ0) is 22.3. The van der Waals surface area contributed by atoms with Crippen LogP contribution in [0.1, 0.15) is 17.0 Å². The smallest absolute Gasteiger partial charge is 0.234 e. The lowest BCUT2D eigenvalue weighted by Gasteiger charge is -2.11. The van der Waals surface area contributed by atoms with Crippen molar-refractivity contribution >= 4 is 23.4 Å². The SMILES string of the molecule is COc1ccc(-n2c(Cc3ccccc3)nnc2SCC(=O)Nc2ccc(C)cc2)cc1. The molecule has 6 nitrogen and oxygen atoms in total. The van der Waals surface area contributed by atoms with Crippen molar-refractivity contribution in [3.8, 4) is 11.4 Å². The van der Waals surface area contributed by atoms with Gasteiger partial charge in [-0.05, 0) is 48.9 Å². The number of nitrogens with zero attached hydrogens (tertiary/aromatic N) is 3. The highest BCUT2D eigenvalue weighted by Gasteiger charge is 2.16. The third-order valence-electron chi connectivity index (χ3n) is 4.90. The van der Waals surface area contributed by atoms with E-state index < -0.39 is 0 Å². The predicted octanol–water partition coefficient (Wildman–Crippen LogP) is 4.91. The van der Waals surface area contributed by atoms with E-state index in [9.17, 15) is 4.79 Å². The molecule has 162 valence electrons. The molecule has 1 heterocycles. The van der Waals surface area contributed by atoms with Crippen LogP contribution in [0.2, 0.25) is 0 Å². The minimum absolute atomic E-state index is 0.0901. The molecule has 0 fully saturated rings. The lowest BCUT2D eigenvalue weighted by atomic mass is 10.1. The van der Waals surface area contributed by atoms with Gasteiger partial charge in [0.05, 0.1) is 12.9 Å². The number of nitrogens with one attached hydrogen (secondary N) is 1. The number of benzene rings is 3. The highest BCUT2D eigenvalue weighted by Crippen LogP contribution is 2.25. The van der Waals surface area contributed by atoms with Crippen molar-refractivity contribution in [2.75, 3.05) is 18.2 Å². The van der Waals surface area contributed by atoms with Crippen LogP contribution in [0.25, 0.3) is 5.69 Å². The zero-order valence-corrected chi connectivity index (χ0v) is 18.8. The summed E-state index contributed by atoms with van der Waals surface area (Å²) in [5.74, 6) is 1.72. The van der Waals surface area contributed by atoms with Crippen LogP contribution in [0.5, 0.6) is 5.75 Å². The molecule has 0 radical (unpaired) electrons. The summed E-state index contributed by atoms with van der Waals surface area (Å²) in [4.78, 5) is 12.5. The van der Waals surface area contributed by atoms with E-state index in [0.29, 0.717) is 11.6 Å². The summed E-state index contributed by atoms with van der Waals surface area (Å²) in [5, 5.41) is 12.4. The molecule has 1 N–H and O–H groups in total. The Kier molecular flexibility index (Phi) is 6.87. The van der Waals surface area contributed by atoms with Gasteiger partial charge in [-0.25, -0.2) is 0 Å². The van der Waals surface area contributed by atoms with Crippen LogP contribution >= 0.6 is 11.8 Å². The first-order valence-corrected chi connectivity index (χ1v) is 11.2. The summed E-state index contributed by atoms with van der Waals surface area (Å²) in [5.41, 5.74) is 3.99. The summed E-state index contributed by atoms with van der Waals surface area (Å²) in [6, 6.07) is 25.6. The highest BCUT2D eigenvalue weighted by molar-refractivity contribution is 7.99. The number of thioether (sulfide) groups is 1. The molecule has 0 atom stereocenters. The van der Waals surface area contributed by atoms with Crippen molar-refractivity contribution in [2.45, 2.75) is 18.5 Å². The van der Waals surface area contributed by atoms with Crippen LogP contribution in [0.15, 0.2) is 84.0 Å². The summed E-state index contributed by atoms with van der Waals surface area (Å²) >= 11 is 1.36. The van der Waals surface area contributed by atoms with Gasteiger partial charge in [0.25, 0.3) is 0 Å². The number of amides is 1. The Morgan fingerprint density at radius 2 is 1.69 bits per heavy atom. The monoisotopic (exact) mass is 444 g/mol. The van der Waals surface area contributed by atoms with Gasteiger partial charge < -0.3 is 10.1 Å². The van der Waals surface area contributed by atoms with Gasteiger partial charge in [0.15, 0.2) is 5.16 Å². The van der Waals surface area contributed by atoms with Crippen molar-refractivity contribution < 1.29 is 9.53 Å². The Bertz CT molecular complexity index is 1170. The Morgan fingerprint density at radius 1 is 0.969 bits per heavy atom. The number of hydrogen-bond donors (Lipinski definition) is 1. The van der Waals surface area contributed by atoms with Crippen LogP contribution in [0, 0.1) is 6.92 Å². The summed E-state index contributed by atoms with van der Waals surface area (Å²) < 4.78 is 7.28. The Morgan fingerprint density at radius 3 is 2.38 bits per heavy atom. The lowest BCUT2D eigenvalue weighted by Crippen LogP contribution is -2.14. The normalized spacial score (nSPS) is 10.7. The number of aryl methyl sites for hydroxylation is 1. The zero-order valence-electron chi connectivity index (χ0n) is 18.0. The quantitative estimate of drug-likeness (QED) is 0.391. The Hall–Kier alpha value is -3.58. The number of ether oxygens (including phenoxy) is 1. The van der Waals surface area contributed by atoms with Crippen LogP contribution < -0.4 is 10.1 Å². The summed E-state index contributed by atoms with van der Waals surface area (Å²) in [6.07, 6.45) is 0.635. The van der Waals surface area contributed by atoms with E-state index in [-0.39, 0.29) is 11.7 Å². The molecular weight excluding hydrogens is 420 g/mol. The topological polar surface area (TPSA) is 69.0 Å². The van der Waals surface area contributed by atoms with Gasteiger partial charge in [0, 0.05) is 17.8 Å². The maximum Gasteiger partial charge on any atom is 0.234 e. The van der Waals surface area contributed by atoms with Crippen molar-refractivity contribution in [1.29, 1.82) is 0 Å². The highest BCUT2D eigenvalue weighted by atomic mass is 32.2. The molecule has 0 saturated carbocycles.